The maximum absolute atomic E-state index is 15.6. The summed E-state index contributed by atoms with van der Waals surface area (Å²) in [4.78, 5) is 41.4. The molecule has 1 saturated carbocycles. The average molecular weight is 667 g/mol. The zero-order chi connectivity index (χ0) is 29.8. The minimum atomic E-state index is -4.27. The van der Waals surface area contributed by atoms with Crippen molar-refractivity contribution >= 4 is 60.5 Å². The molecule has 3 aromatic heterocycles. The lowest BCUT2D eigenvalue weighted by Gasteiger charge is -2.28. The number of aliphatic hydroxyl groups excluding tert-OH is 1. The normalized spacial score (nSPS) is 39.2. The molecule has 0 aromatic carbocycles. The van der Waals surface area contributed by atoms with E-state index < -0.39 is 74.5 Å². The zero-order valence-electron chi connectivity index (χ0n) is 21.2. The number of nitrogens with two attached hydrogens (primary N) is 1. The summed E-state index contributed by atoms with van der Waals surface area (Å²) >= 11 is 9.24. The number of fused-ring (bicyclic) bond motifs is 4. The van der Waals surface area contributed by atoms with E-state index in [2.05, 4.69) is 42.5 Å². The molecule has 22 heteroatoms. The van der Waals surface area contributed by atoms with E-state index in [4.69, 9.17) is 40.4 Å². The SMILES string of the molecule is Nc1nc2c(ncn2[C@@H]2OC3COP(O)(=S)O[C@@H]4[C@@H](COP(=O)(S)O[C@@H]2[C@@H]3O)C[C@@H](Nc2ccncn2)[C@@H]4F)c(=O)[nH]1. The molecule has 3 aromatic rings. The number of hydrogen-bond donors (Lipinski definition) is 6. The van der Waals surface area contributed by atoms with Gasteiger partial charge < -0.3 is 39.4 Å². The van der Waals surface area contributed by atoms with E-state index in [1.807, 2.05) is 0 Å². The van der Waals surface area contributed by atoms with Crippen LogP contribution in [0.25, 0.3) is 11.2 Å². The van der Waals surface area contributed by atoms with Crippen molar-refractivity contribution in [2.45, 2.75) is 49.3 Å². The molecule has 228 valence electrons. The van der Waals surface area contributed by atoms with E-state index in [0.717, 1.165) is 0 Å². The van der Waals surface area contributed by atoms with Crippen molar-refractivity contribution in [3.05, 3.63) is 35.3 Å². The van der Waals surface area contributed by atoms with Crippen LogP contribution >= 0.6 is 25.8 Å². The number of aromatic amines is 1. The van der Waals surface area contributed by atoms with Crippen LogP contribution < -0.4 is 16.6 Å². The third kappa shape index (κ3) is 5.98. The van der Waals surface area contributed by atoms with Crippen LogP contribution in [0.15, 0.2) is 29.7 Å². The summed E-state index contributed by atoms with van der Waals surface area (Å²) in [7, 11) is 0. The van der Waals surface area contributed by atoms with Crippen LogP contribution in [0.2, 0.25) is 0 Å². The fraction of sp³-hybridized carbons (Fsp3) is 0.550. The Bertz CT molecular complexity index is 1620. The van der Waals surface area contributed by atoms with E-state index in [-0.39, 0.29) is 30.1 Å². The Balaban J connectivity index is 1.29. The number of aliphatic hydroxyl groups is 1. The van der Waals surface area contributed by atoms with Gasteiger partial charge in [-0.1, -0.05) is 12.2 Å². The molecular weight excluding hydrogens is 641 g/mol. The third-order valence-corrected chi connectivity index (χ3v) is 10.2. The second-order valence-electron chi connectivity index (χ2n) is 9.79. The second-order valence-corrected chi connectivity index (χ2v) is 15.5. The van der Waals surface area contributed by atoms with Crippen molar-refractivity contribution in [3.63, 3.8) is 0 Å². The highest BCUT2D eigenvalue weighted by Crippen LogP contribution is 2.58. The van der Waals surface area contributed by atoms with E-state index in [0.29, 0.717) is 5.82 Å². The van der Waals surface area contributed by atoms with Crippen LogP contribution in [-0.4, -0.2) is 89.3 Å². The molecule has 6 rings (SSSR count). The van der Waals surface area contributed by atoms with Gasteiger partial charge in [-0.2, -0.15) is 4.98 Å². The maximum Gasteiger partial charge on any atom is 0.386 e. The zero-order valence-corrected chi connectivity index (χ0v) is 24.7. The van der Waals surface area contributed by atoms with Crippen molar-refractivity contribution in [3.8, 4) is 0 Å². The van der Waals surface area contributed by atoms with Crippen molar-refractivity contribution < 1.29 is 41.8 Å². The summed E-state index contributed by atoms with van der Waals surface area (Å²) in [5.74, 6) is -0.638. The molecule has 42 heavy (non-hydrogen) atoms. The van der Waals surface area contributed by atoms with Gasteiger partial charge in [-0.05, 0) is 24.3 Å². The van der Waals surface area contributed by atoms with E-state index >= 15 is 4.39 Å². The summed E-state index contributed by atoms with van der Waals surface area (Å²) in [6.45, 7) is -9.31. The van der Waals surface area contributed by atoms with Crippen LogP contribution in [0.5, 0.6) is 0 Å². The van der Waals surface area contributed by atoms with Gasteiger partial charge in [-0.15, -0.1) is 0 Å². The van der Waals surface area contributed by atoms with E-state index in [1.54, 1.807) is 6.07 Å². The highest BCUT2D eigenvalue weighted by Gasteiger charge is 2.52. The van der Waals surface area contributed by atoms with Crippen LogP contribution in [0.1, 0.15) is 12.6 Å². The molecule has 3 aliphatic rings. The Hall–Kier alpha value is -2.09. The first-order chi connectivity index (χ1) is 19.9. The van der Waals surface area contributed by atoms with Crippen LogP contribution in [-0.2, 0) is 39.2 Å². The van der Waals surface area contributed by atoms with Gasteiger partial charge in [0.2, 0.25) is 5.95 Å². The van der Waals surface area contributed by atoms with Gasteiger partial charge in [0, 0.05) is 12.1 Å². The predicted octanol–water partition coefficient (Wildman–Crippen LogP) is 0.661. The van der Waals surface area contributed by atoms with Gasteiger partial charge in [-0.25, -0.2) is 23.9 Å². The Morgan fingerprint density at radius 3 is 2.83 bits per heavy atom. The van der Waals surface area contributed by atoms with Gasteiger partial charge >= 0.3 is 13.5 Å². The van der Waals surface area contributed by atoms with Crippen LogP contribution in [0, 0.1) is 5.92 Å². The lowest BCUT2D eigenvalue weighted by molar-refractivity contribution is -0.0515. The number of imidazole rings is 1. The van der Waals surface area contributed by atoms with Crippen molar-refractivity contribution in [2.24, 2.45) is 5.92 Å². The summed E-state index contributed by atoms with van der Waals surface area (Å²) in [5.41, 5.74) is 4.97. The molecule has 2 bridgehead atoms. The summed E-state index contributed by atoms with van der Waals surface area (Å²) in [5, 5.41) is 14.0. The molecule has 3 fully saturated rings. The molecule has 10 atom stereocenters. The van der Waals surface area contributed by atoms with E-state index in [9.17, 15) is 19.4 Å². The lowest BCUT2D eigenvalue weighted by atomic mass is 10.1. The number of aromatic nitrogens is 6. The molecule has 1 aliphatic carbocycles. The quantitative estimate of drug-likeness (QED) is 0.167. The first kappa shape index (κ1) is 30.0. The first-order valence-electron chi connectivity index (χ1n) is 12.4. The number of H-pyrrole nitrogens is 1. The summed E-state index contributed by atoms with van der Waals surface area (Å²) in [6, 6.07) is 0.708. The monoisotopic (exact) mass is 666 g/mol. The summed E-state index contributed by atoms with van der Waals surface area (Å²) in [6.07, 6.45) is -4.46. The number of nitrogens with zero attached hydrogens (tertiary/aromatic N) is 5. The Morgan fingerprint density at radius 2 is 2.07 bits per heavy atom. The van der Waals surface area contributed by atoms with E-state index in [1.165, 1.54) is 23.4 Å². The second kappa shape index (κ2) is 11.4. The first-order valence-corrected chi connectivity index (χ1v) is 17.7. The van der Waals surface area contributed by atoms with Crippen molar-refractivity contribution in [1.82, 2.24) is 29.5 Å². The number of rotatable bonds is 3. The predicted molar refractivity (Wildman–Crippen MR) is 150 cm³/mol. The molecule has 5 heterocycles. The number of anilines is 2. The van der Waals surface area contributed by atoms with Gasteiger partial charge in [0.05, 0.1) is 25.6 Å². The van der Waals surface area contributed by atoms with Crippen LogP contribution in [0.4, 0.5) is 16.2 Å². The summed E-state index contributed by atoms with van der Waals surface area (Å²) < 4.78 is 58.5. The number of halogens is 1. The Labute approximate surface area is 246 Å². The number of alkyl halides is 1. The fourth-order valence-corrected chi connectivity index (χ4v) is 8.12. The highest BCUT2D eigenvalue weighted by atomic mass is 32.7. The minimum Gasteiger partial charge on any atom is -0.387 e. The molecule has 0 spiro atoms. The van der Waals surface area contributed by atoms with Crippen molar-refractivity contribution in [1.29, 1.82) is 0 Å². The smallest absolute Gasteiger partial charge is 0.386 e. The molecule has 17 nitrogen and oxygen atoms in total. The van der Waals surface area contributed by atoms with Gasteiger partial charge in [0.25, 0.3) is 5.56 Å². The Morgan fingerprint density at radius 1 is 1.26 bits per heavy atom. The third-order valence-electron chi connectivity index (χ3n) is 7.04. The van der Waals surface area contributed by atoms with Gasteiger partial charge in [0.15, 0.2) is 17.4 Å². The largest absolute Gasteiger partial charge is 0.387 e. The molecule has 3 unspecified atom stereocenters. The topological polar surface area (TPSA) is 231 Å². The van der Waals surface area contributed by atoms with Crippen LogP contribution in [0.3, 0.4) is 0 Å². The molecule has 0 radical (unpaired) electrons. The standard InChI is InChI=1S/C20H25FN8O9P2S2/c21-12-9(26-11-1-2-23-6-24-11)3-8-4-34-39(32,41)38-16-14(30)10(5-35-40(33,42)37-15(8)12)36-19(16)29-7-25-13-17(29)27-20(22)28-18(13)31/h1-2,6-10,12,14-16,19,30H,3-5H2,(H,32,41)(H,33,42)(H,23,24,26)(H3,22,27,28,31)/t8-,9-,10?,12+,14-,15-,16-,19-,39?,40?/m1/s1. The van der Waals surface area contributed by atoms with Crippen molar-refractivity contribution in [2.75, 3.05) is 24.3 Å². The molecule has 2 aliphatic heterocycles. The molecular formula is C20H25FN8O9P2S2. The molecule has 0 amide bonds. The van der Waals surface area contributed by atoms with Gasteiger partial charge in [0.1, 0.15) is 42.7 Å². The fourth-order valence-electron chi connectivity index (χ4n) is 5.14. The molecule has 2 saturated heterocycles. The number of nitrogen functional groups attached to an aromatic ring is 1. The number of hydrogen-bond acceptors (Lipinski definition) is 15. The minimum absolute atomic E-state index is 0.0136. The average Bonchev–Trinajstić information content (AvgIpc) is 3.57. The number of ether oxygens (including phenoxy) is 1. The number of thiol groups is 1. The Kier molecular flexibility index (Phi) is 8.16. The maximum atomic E-state index is 15.6. The lowest BCUT2D eigenvalue weighted by Crippen LogP contribution is -2.35. The number of nitrogens with one attached hydrogen (secondary N) is 2. The highest BCUT2D eigenvalue weighted by molar-refractivity contribution is 8.44. The molecule has 6 N–H and O–H groups in total. The van der Waals surface area contributed by atoms with Gasteiger partial charge in [-0.3, -0.25) is 18.9 Å².